The van der Waals surface area contributed by atoms with Crippen molar-refractivity contribution in [2.75, 3.05) is 0 Å². The van der Waals surface area contributed by atoms with Crippen LogP contribution in [0.2, 0.25) is 0 Å². The molecule has 0 heterocycles. The average Bonchev–Trinajstić information content (AvgIpc) is 1.50. The number of nitrogens with zero attached hydrogens (tertiary/aromatic N) is 2. The Kier molecular flexibility index (Phi) is 19.3. The van der Waals surface area contributed by atoms with Gasteiger partial charge in [-0.25, -0.2) is 0 Å². The molecule has 0 aromatic rings. The van der Waals surface area contributed by atoms with Gasteiger partial charge in [-0.2, -0.15) is 8.42 Å². The molecule has 0 bridgehead atoms. The Hall–Kier alpha value is -1.24. The molecule has 0 radical (unpaired) electrons. The third kappa shape index (κ3) is 671. The second-order valence-electron chi connectivity index (χ2n) is 0.895. The van der Waals surface area contributed by atoms with Crippen LogP contribution >= 0.6 is 0 Å². The fourth-order valence-corrected chi connectivity index (χ4v) is 0. The summed E-state index contributed by atoms with van der Waals surface area (Å²) in [6.07, 6.45) is 0. The zero-order valence-electron chi connectivity index (χ0n) is 5.78. The first kappa shape index (κ1) is 23.0. The summed E-state index contributed by atoms with van der Waals surface area (Å²) < 4.78 is 31.6. The standard InChI is InChI=1S/2NO3.Ni.H2O4S/c2*2-1(3)4;;1-5(2,3)4/h;;;(H2,1,2,3,4)/q2*-1;+2;. The summed E-state index contributed by atoms with van der Waals surface area (Å²) in [5, 5.41) is 29.5. The van der Waals surface area contributed by atoms with Crippen molar-refractivity contribution in [3.05, 3.63) is 30.6 Å². The minimum atomic E-state index is -4.67. The Morgan fingerprint density at radius 1 is 0.857 bits per heavy atom. The second-order valence-corrected chi connectivity index (χ2v) is 1.79. The predicted octanol–water partition coefficient (Wildman–Crippen LogP) is -1.13. The summed E-state index contributed by atoms with van der Waals surface area (Å²) in [6.45, 7) is 0. The van der Waals surface area contributed by atoms with Gasteiger partial charge in [0.25, 0.3) is 0 Å². The van der Waals surface area contributed by atoms with E-state index in [0.717, 1.165) is 0 Å². The first-order valence-electron chi connectivity index (χ1n) is 1.79. The second kappa shape index (κ2) is 11.8. The Labute approximate surface area is 85.9 Å². The van der Waals surface area contributed by atoms with E-state index in [4.69, 9.17) is 48.2 Å². The van der Waals surface area contributed by atoms with Crippen LogP contribution in [-0.4, -0.2) is 27.7 Å². The van der Waals surface area contributed by atoms with Crippen LogP contribution in [0.3, 0.4) is 0 Å². The maximum Gasteiger partial charge on any atom is 2.00 e. The Morgan fingerprint density at radius 2 is 0.857 bits per heavy atom. The maximum absolute atomic E-state index is 8.74. The Bertz CT molecular complexity index is 213. The third-order valence-electron chi connectivity index (χ3n) is 0. The van der Waals surface area contributed by atoms with Gasteiger partial charge in [0.1, 0.15) is 0 Å². The van der Waals surface area contributed by atoms with Crippen molar-refractivity contribution in [1.29, 1.82) is 0 Å². The molecule has 0 spiro atoms. The van der Waals surface area contributed by atoms with Crippen molar-refractivity contribution in [2.45, 2.75) is 0 Å². The van der Waals surface area contributed by atoms with Crippen LogP contribution in [0.4, 0.5) is 0 Å². The van der Waals surface area contributed by atoms with Crippen molar-refractivity contribution in [1.82, 2.24) is 0 Å². The molecule has 0 aliphatic carbocycles. The SMILES string of the molecule is O=S(=O)(O)O.O=[N+]([O-])[O-].O=[N+]([O-])[O-].[Ni+2]. The van der Waals surface area contributed by atoms with E-state index in [1.165, 1.54) is 0 Å². The van der Waals surface area contributed by atoms with E-state index in [1.54, 1.807) is 0 Å². The van der Waals surface area contributed by atoms with E-state index in [2.05, 4.69) is 0 Å². The topological polar surface area (TPSA) is 207 Å². The Balaban J connectivity index is -0.0000000522. The average molecular weight is 281 g/mol. The molecule has 0 aromatic heterocycles. The molecule has 14 heavy (non-hydrogen) atoms. The van der Waals surface area contributed by atoms with Crippen LogP contribution in [0.15, 0.2) is 0 Å². The zero-order chi connectivity index (χ0) is 11.7. The van der Waals surface area contributed by atoms with E-state index in [9.17, 15) is 0 Å². The molecule has 0 saturated heterocycles. The smallest absolute Gasteiger partial charge is 0.356 e. The molecule has 14 heteroatoms. The molecular formula is H2N2NiO10S. The molecule has 88 valence electrons. The fraction of sp³-hybridized carbons (Fsp3) is 0. The van der Waals surface area contributed by atoms with Crippen LogP contribution < -0.4 is 0 Å². The van der Waals surface area contributed by atoms with E-state index in [-0.39, 0.29) is 16.5 Å². The molecule has 0 atom stereocenters. The van der Waals surface area contributed by atoms with Crippen LogP contribution in [0.1, 0.15) is 0 Å². The van der Waals surface area contributed by atoms with Gasteiger partial charge in [-0.1, -0.05) is 0 Å². The van der Waals surface area contributed by atoms with Gasteiger partial charge < -0.3 is 30.6 Å². The molecule has 0 aromatic carbocycles. The molecule has 0 aliphatic heterocycles. The van der Waals surface area contributed by atoms with E-state index >= 15 is 0 Å². The maximum atomic E-state index is 8.74. The first-order chi connectivity index (χ1) is 5.46. The molecule has 0 unspecified atom stereocenters. The summed E-state index contributed by atoms with van der Waals surface area (Å²) in [5.74, 6) is 0. The van der Waals surface area contributed by atoms with Gasteiger partial charge in [-0.05, 0) is 0 Å². The summed E-state index contributed by atoms with van der Waals surface area (Å²) in [5.41, 5.74) is 0. The normalized spacial score (nSPS) is 7.57. The molecule has 0 aliphatic rings. The van der Waals surface area contributed by atoms with Crippen LogP contribution in [-0.2, 0) is 26.9 Å². The van der Waals surface area contributed by atoms with Gasteiger partial charge in [0, 0.05) is 0 Å². The van der Waals surface area contributed by atoms with Gasteiger partial charge >= 0.3 is 26.9 Å². The largest absolute Gasteiger partial charge is 2.00 e. The number of hydrogen-bond donors (Lipinski definition) is 2. The molecule has 12 nitrogen and oxygen atoms in total. The van der Waals surface area contributed by atoms with Crippen molar-refractivity contribution in [3.63, 3.8) is 0 Å². The van der Waals surface area contributed by atoms with Crippen molar-refractivity contribution in [2.24, 2.45) is 0 Å². The minimum absolute atomic E-state index is 0. The zero-order valence-corrected chi connectivity index (χ0v) is 7.58. The molecular weight excluding hydrogens is 279 g/mol. The van der Waals surface area contributed by atoms with Crippen molar-refractivity contribution >= 4 is 10.4 Å². The Morgan fingerprint density at radius 3 is 0.857 bits per heavy atom. The van der Waals surface area contributed by atoms with Crippen molar-refractivity contribution in [3.8, 4) is 0 Å². The van der Waals surface area contributed by atoms with E-state index < -0.39 is 20.6 Å². The first-order valence-corrected chi connectivity index (χ1v) is 3.19. The molecule has 0 fully saturated rings. The van der Waals surface area contributed by atoms with Crippen molar-refractivity contribution < 1.29 is 44.2 Å². The quantitative estimate of drug-likeness (QED) is 0.236. The molecule has 0 rings (SSSR count). The monoisotopic (exact) mass is 280 g/mol. The summed E-state index contributed by atoms with van der Waals surface area (Å²) in [4.78, 5) is 16.5. The van der Waals surface area contributed by atoms with Crippen LogP contribution in [0, 0.1) is 30.6 Å². The van der Waals surface area contributed by atoms with Crippen LogP contribution in [0.5, 0.6) is 0 Å². The van der Waals surface area contributed by atoms with Gasteiger partial charge in [0.2, 0.25) is 0 Å². The third-order valence-corrected chi connectivity index (χ3v) is 0. The summed E-state index contributed by atoms with van der Waals surface area (Å²) in [6, 6.07) is 0. The number of rotatable bonds is 0. The van der Waals surface area contributed by atoms with Gasteiger partial charge in [0.15, 0.2) is 0 Å². The molecule has 0 amide bonds. The summed E-state index contributed by atoms with van der Waals surface area (Å²) >= 11 is 0. The molecule has 0 saturated carbocycles. The van der Waals surface area contributed by atoms with E-state index in [0.29, 0.717) is 0 Å². The van der Waals surface area contributed by atoms with E-state index in [1.807, 2.05) is 0 Å². The van der Waals surface area contributed by atoms with Crippen LogP contribution in [0.25, 0.3) is 0 Å². The minimum Gasteiger partial charge on any atom is -0.356 e. The van der Waals surface area contributed by atoms with Gasteiger partial charge in [-0.15, -0.1) is 0 Å². The van der Waals surface area contributed by atoms with Gasteiger partial charge in [-0.3, -0.25) is 9.11 Å². The predicted molar refractivity (Wildman–Crippen MR) is 34.9 cm³/mol. The molecule has 2 N–H and O–H groups in total. The fourth-order valence-electron chi connectivity index (χ4n) is 0. The number of hydrogen-bond acceptors (Lipinski definition) is 8. The van der Waals surface area contributed by atoms with Gasteiger partial charge in [0.05, 0.1) is 10.2 Å². The summed E-state index contributed by atoms with van der Waals surface area (Å²) in [7, 11) is -4.67.